The summed E-state index contributed by atoms with van der Waals surface area (Å²) < 4.78 is 294. The fraction of sp³-hybridized carbons (Fsp3) is 0.681. The molecule has 1 spiro atoms. The van der Waals surface area contributed by atoms with Crippen LogP contribution < -0.4 is 28.7 Å². The molecule has 0 saturated carbocycles. The van der Waals surface area contributed by atoms with Crippen LogP contribution in [-0.2, 0) is 73.8 Å². The number of benzene rings is 5. The normalized spacial score (nSPS) is 34.5. The Morgan fingerprint density at radius 3 is 1.00 bits per heavy atom. The molecule has 5 aromatic carbocycles. The van der Waals surface area contributed by atoms with Crippen molar-refractivity contribution < 1.29 is 110 Å². The van der Waals surface area contributed by atoms with E-state index in [1.165, 1.54) is 37.3 Å². The molecule has 15 fully saturated rings. The molecule has 5 aromatic rings. The average Bonchev–Trinajstić information content (AvgIpc) is 1.51. The molecule has 30 nitrogen and oxygen atoms in total. The van der Waals surface area contributed by atoms with E-state index in [0.29, 0.717) is 166 Å². The van der Waals surface area contributed by atoms with Gasteiger partial charge in [0.05, 0.1) is 64.3 Å². The molecule has 15 aliphatic heterocycles. The highest BCUT2D eigenvalue weighted by molar-refractivity contribution is 7.89. The van der Waals surface area contributed by atoms with Crippen LogP contribution in [0.5, 0.6) is 0 Å². The van der Waals surface area contributed by atoms with Gasteiger partial charge < -0.3 is 52.4 Å². The van der Waals surface area contributed by atoms with E-state index in [1.54, 1.807) is 21.5 Å². The molecule has 0 bridgehead atoms. The first-order chi connectivity index (χ1) is 65.6. The molecular weight excluding hydrogens is 1930 g/mol. The Morgan fingerprint density at radius 2 is 0.590 bits per heavy atom. The van der Waals surface area contributed by atoms with Gasteiger partial charge >= 0.3 is 0 Å². The summed E-state index contributed by atoms with van der Waals surface area (Å²) in [6.45, 7) is 14.7. The number of fused-ring (bicyclic) bond motifs is 4. The van der Waals surface area contributed by atoms with Crippen LogP contribution in [0.4, 0.5) is 43.9 Å². The SMILES string of the molecule is CS(=O)(=O)N1CC2CCN([C@H]3CO[C@H](c4cc(F)ccc4F)[C@@H](N)C3)C2C1.CS(=O)(=O)N1CC2CCN([C@H]3CO[C@H](c4cc(F)ccc4F)[C@@H](N)C3)CC2C1.CS(=O)(=O)N1CCC2(CCN([C@H]3CO[C@H](c4cc(F)ccc4F)[C@@H](N)C3)C2)CC1.CS(=O)(=O)N1CCC2CN([C@H]3CO[C@H](c4cc(F)ccc4F)[C@@H](N)C3)CC21.CS(=O)(=O)N1CCC2CN([C@H]3CO[C@H](c4cc(F)ccc4F)[C@@H](N)C3)CC2C1. The molecule has 8 unspecified atom stereocenters. The maximum Gasteiger partial charge on any atom is 0.211 e. The number of rotatable bonds is 15. The zero-order valence-electron chi connectivity index (χ0n) is 79.0. The fourth-order valence-corrected chi connectivity index (χ4v) is 29.3. The monoisotopic (exact) mass is 2060 g/mol. The molecule has 0 amide bonds. The van der Waals surface area contributed by atoms with Crippen molar-refractivity contribution in [1.29, 1.82) is 0 Å². The lowest BCUT2D eigenvalue weighted by Crippen LogP contribution is -2.53. The summed E-state index contributed by atoms with van der Waals surface area (Å²) in [5.41, 5.74) is 32.4. The molecule has 15 aliphatic rings. The van der Waals surface area contributed by atoms with Crippen molar-refractivity contribution in [2.45, 2.75) is 180 Å². The molecule has 0 aliphatic carbocycles. The minimum absolute atomic E-state index is 0.00890. The van der Waals surface area contributed by atoms with Gasteiger partial charge in [0.25, 0.3) is 0 Å². The summed E-state index contributed by atoms with van der Waals surface area (Å²) in [6.07, 6.45) is 12.5. The quantitative estimate of drug-likeness (QED) is 0.0679. The maximum absolute atomic E-state index is 14.1. The summed E-state index contributed by atoms with van der Waals surface area (Å²) in [5.74, 6) is -2.92. The Bertz CT molecular complexity index is 5670. The molecule has 139 heavy (non-hydrogen) atoms. The number of likely N-dealkylation sites (tertiary alicyclic amines) is 5. The lowest BCUT2D eigenvalue weighted by molar-refractivity contribution is -0.0616. The van der Waals surface area contributed by atoms with Gasteiger partial charge in [-0.1, -0.05) is 0 Å². The molecule has 15 saturated heterocycles. The van der Waals surface area contributed by atoms with Crippen molar-refractivity contribution >= 4 is 50.1 Å². The van der Waals surface area contributed by atoms with Gasteiger partial charge in [0.15, 0.2) is 0 Å². The van der Waals surface area contributed by atoms with E-state index in [1.807, 2.05) is 0 Å². The topological polar surface area (TPSA) is 379 Å². The van der Waals surface area contributed by atoms with Crippen molar-refractivity contribution in [3.8, 4) is 0 Å². The highest BCUT2D eigenvalue weighted by Crippen LogP contribution is 2.47. The van der Waals surface area contributed by atoms with E-state index < -0.39 is 169 Å². The van der Waals surface area contributed by atoms with Gasteiger partial charge in [-0.05, 0) is 229 Å². The Morgan fingerprint density at radius 1 is 0.288 bits per heavy atom. The molecule has 774 valence electrons. The highest BCUT2D eigenvalue weighted by Gasteiger charge is 2.53. The first kappa shape index (κ1) is 106. The van der Waals surface area contributed by atoms with Gasteiger partial charge in [0.2, 0.25) is 50.1 Å². The number of halogens is 10. The molecule has 20 rings (SSSR count). The second-order valence-corrected chi connectivity index (χ2v) is 51.3. The summed E-state index contributed by atoms with van der Waals surface area (Å²) in [7, 11) is -15.8. The van der Waals surface area contributed by atoms with Gasteiger partial charge in [0, 0.05) is 198 Å². The number of piperidine rings is 3. The minimum Gasteiger partial charge on any atom is -0.370 e. The number of ether oxygens (including phenoxy) is 5. The average molecular weight is 2060 g/mol. The van der Waals surface area contributed by atoms with Gasteiger partial charge in [-0.3, -0.25) is 24.5 Å². The lowest BCUT2D eigenvalue weighted by Gasteiger charge is -2.44. The summed E-state index contributed by atoms with van der Waals surface area (Å²) in [6, 6.07) is 15.2. The van der Waals surface area contributed by atoms with Gasteiger partial charge in [-0.25, -0.2) is 103 Å². The van der Waals surface area contributed by atoms with Crippen molar-refractivity contribution in [3.63, 3.8) is 0 Å². The standard InChI is InChI=1S/C20H29F2N3O3S.2C19H27F2N3O3S.2C18H25F2N3O3S/c1-29(26,27)25-8-5-20(6-9-25)4-7-24(13-20)15-11-18(23)19(28-12-15)16-10-14(21)2-3-17(16)22;1-28(25,26)24-9-12-4-5-23(8-13(12)10-24)15-7-18(22)19(27-11-15)16-6-14(20)2-3-17(16)21;1-28(25,26)24-5-4-12-8-23(9-13(12)10-24)15-7-18(22)19(27-11-15)16-6-14(20)2-3-17(16)21;1-27(24,25)22-8-11-4-5-23(17(11)9-22)13-7-16(21)18(26-10-13)14-6-12(19)2-3-15(14)20;1-27(24,25)23-5-4-11-8-22(9-17(11)23)13-7-16(21)18(26-10-13)14-6-12(19)2-3-15(14)20/h2-3,10,15,18-19H,4-9,11-13,23H2,1H3;2*2-3,6,12-13,15,18-19H,4-5,7-11,22H2,1H3;2*2-3,6,11,13,16-18H,4-5,7-10,21H2,1H3/t15-,18+,19-;2*12?,13?,15-,18+,19-;2*11?,13-,16+,17?,18-/m11111/s1. The predicted octanol–water partition coefficient (Wildman–Crippen LogP) is 6.72. The first-order valence-electron chi connectivity index (χ1n) is 48.2. The van der Waals surface area contributed by atoms with Crippen LogP contribution in [0.3, 0.4) is 0 Å². The Hall–Kier alpha value is -5.65. The zero-order valence-corrected chi connectivity index (χ0v) is 83.1. The zero-order chi connectivity index (χ0) is 99.6. The third kappa shape index (κ3) is 24.8. The second-order valence-electron chi connectivity index (χ2n) is 41.4. The molecule has 23 atom stereocenters. The van der Waals surface area contributed by atoms with Crippen LogP contribution in [0.25, 0.3) is 0 Å². The van der Waals surface area contributed by atoms with Crippen LogP contribution in [0.1, 0.15) is 135 Å². The van der Waals surface area contributed by atoms with E-state index in [2.05, 4.69) is 24.5 Å². The fourth-order valence-electron chi connectivity index (χ4n) is 24.6. The van der Waals surface area contributed by atoms with Crippen LogP contribution in [0, 0.1) is 99.1 Å². The number of hydrogen-bond donors (Lipinski definition) is 5. The Labute approximate surface area is 809 Å². The largest absolute Gasteiger partial charge is 0.370 e. The molecule has 15 heterocycles. The lowest BCUT2D eigenvalue weighted by atomic mass is 9.78. The molecule has 0 aromatic heterocycles. The van der Waals surface area contributed by atoms with E-state index in [9.17, 15) is 86.0 Å². The Balaban J connectivity index is 0.000000125. The summed E-state index contributed by atoms with van der Waals surface area (Å²) >= 11 is 0. The van der Waals surface area contributed by atoms with Crippen molar-refractivity contribution in [2.75, 3.05) is 182 Å². The van der Waals surface area contributed by atoms with Crippen molar-refractivity contribution in [2.24, 2.45) is 69.6 Å². The molecule has 10 N–H and O–H groups in total. The second kappa shape index (κ2) is 43.4. The summed E-state index contributed by atoms with van der Waals surface area (Å²) in [4.78, 5) is 11.6. The van der Waals surface area contributed by atoms with E-state index in [0.717, 1.165) is 182 Å². The minimum atomic E-state index is -3.20. The van der Waals surface area contributed by atoms with E-state index in [4.69, 9.17) is 52.4 Å². The van der Waals surface area contributed by atoms with Crippen LogP contribution in [0.15, 0.2) is 91.0 Å². The van der Waals surface area contributed by atoms with Gasteiger partial charge in [-0.2, -0.15) is 4.31 Å². The van der Waals surface area contributed by atoms with Crippen molar-refractivity contribution in [3.05, 3.63) is 177 Å². The smallest absolute Gasteiger partial charge is 0.211 e. The van der Waals surface area contributed by atoms with Crippen LogP contribution in [0.2, 0.25) is 0 Å². The highest BCUT2D eigenvalue weighted by atomic mass is 32.2. The van der Waals surface area contributed by atoms with Crippen LogP contribution >= 0.6 is 0 Å². The maximum atomic E-state index is 14.1. The molecule has 0 radical (unpaired) electrons. The number of sulfonamides is 5. The van der Waals surface area contributed by atoms with Crippen LogP contribution in [-0.4, -0.2) is 343 Å². The number of hydrogen-bond acceptors (Lipinski definition) is 25. The third-order valence-electron chi connectivity index (χ3n) is 32.1. The molecule has 45 heteroatoms. The van der Waals surface area contributed by atoms with Gasteiger partial charge in [-0.15, -0.1) is 0 Å². The van der Waals surface area contributed by atoms with Gasteiger partial charge in [0.1, 0.15) is 88.7 Å². The van der Waals surface area contributed by atoms with E-state index >= 15 is 0 Å². The number of nitrogens with zero attached hydrogens (tertiary/aromatic N) is 10. The Kier molecular flexibility index (Phi) is 33.1. The molecular formula is C94H133F10N15O15S5. The van der Waals surface area contributed by atoms with E-state index in [-0.39, 0.29) is 75.5 Å². The van der Waals surface area contributed by atoms with Crippen molar-refractivity contribution in [1.82, 2.24) is 46.0 Å². The summed E-state index contributed by atoms with van der Waals surface area (Å²) in [5, 5.41) is 0. The number of nitrogens with two attached hydrogens (primary N) is 5. The predicted molar refractivity (Wildman–Crippen MR) is 501 cm³/mol. The first-order valence-corrected chi connectivity index (χ1v) is 57.4. The third-order valence-corrected chi connectivity index (χ3v) is 38.4.